The minimum atomic E-state index is -3.12. The SMILES string of the molecule is O=C(N[C@@H](CCCNC1C[C@H]1c1ccc(F)cc1)C(=O)N1CCS(=O)(=O)CC1)c1ccc(N2CCCC2)cc1. The molecule has 0 radical (unpaired) electrons. The lowest BCUT2D eigenvalue weighted by atomic mass is 10.1. The Hall–Kier alpha value is -2.98. The van der Waals surface area contributed by atoms with E-state index in [1.807, 2.05) is 24.3 Å². The van der Waals surface area contributed by atoms with Crippen molar-refractivity contribution >= 4 is 27.3 Å². The van der Waals surface area contributed by atoms with Crippen LogP contribution in [0.2, 0.25) is 0 Å². The molecule has 0 spiro atoms. The predicted octanol–water partition coefficient (Wildman–Crippen LogP) is 2.71. The predicted molar refractivity (Wildman–Crippen MR) is 149 cm³/mol. The molecule has 3 atom stereocenters. The van der Waals surface area contributed by atoms with Gasteiger partial charge in [-0.1, -0.05) is 12.1 Å². The van der Waals surface area contributed by atoms with Crippen LogP contribution in [0.1, 0.15) is 53.9 Å². The smallest absolute Gasteiger partial charge is 0.251 e. The molecule has 0 aromatic heterocycles. The van der Waals surface area contributed by atoms with Gasteiger partial charge in [0.25, 0.3) is 5.91 Å². The van der Waals surface area contributed by atoms with E-state index in [-0.39, 0.29) is 42.2 Å². The normalized spacial score (nSPS) is 22.9. The van der Waals surface area contributed by atoms with Crippen molar-refractivity contribution in [3.05, 3.63) is 65.5 Å². The fraction of sp³-hybridized carbons (Fsp3) is 0.517. The molecule has 0 bridgehead atoms. The maximum absolute atomic E-state index is 13.4. The first-order valence-electron chi connectivity index (χ1n) is 13.9. The van der Waals surface area contributed by atoms with Gasteiger partial charge in [0.2, 0.25) is 5.91 Å². The Labute approximate surface area is 229 Å². The molecule has 2 N–H and O–H groups in total. The summed E-state index contributed by atoms with van der Waals surface area (Å²) in [5.41, 5.74) is 2.71. The number of rotatable bonds is 10. The number of hydrogen-bond donors (Lipinski definition) is 2. The highest BCUT2D eigenvalue weighted by atomic mass is 32.2. The fourth-order valence-corrected chi connectivity index (χ4v) is 6.74. The molecule has 2 saturated heterocycles. The number of sulfone groups is 1. The third-order valence-electron chi connectivity index (χ3n) is 8.02. The Morgan fingerprint density at radius 2 is 1.62 bits per heavy atom. The van der Waals surface area contributed by atoms with E-state index in [1.165, 1.54) is 25.0 Å². The van der Waals surface area contributed by atoms with E-state index in [0.717, 1.165) is 30.8 Å². The monoisotopic (exact) mass is 556 g/mol. The molecule has 1 saturated carbocycles. The Morgan fingerprint density at radius 1 is 0.949 bits per heavy atom. The van der Waals surface area contributed by atoms with Crippen LogP contribution in [0.5, 0.6) is 0 Å². The molecular formula is C29H37FN4O4S. The average molecular weight is 557 g/mol. The van der Waals surface area contributed by atoms with Gasteiger partial charge in [-0.25, -0.2) is 12.8 Å². The van der Waals surface area contributed by atoms with Gasteiger partial charge in [0.15, 0.2) is 9.84 Å². The van der Waals surface area contributed by atoms with Crippen LogP contribution in [0.15, 0.2) is 48.5 Å². The van der Waals surface area contributed by atoms with Crippen molar-refractivity contribution in [3.63, 3.8) is 0 Å². The molecule has 1 unspecified atom stereocenters. The van der Waals surface area contributed by atoms with E-state index >= 15 is 0 Å². The second kappa shape index (κ2) is 12.0. The number of hydrogen-bond acceptors (Lipinski definition) is 6. The zero-order valence-corrected chi connectivity index (χ0v) is 23.0. The minimum absolute atomic E-state index is 0.0502. The van der Waals surface area contributed by atoms with Gasteiger partial charge in [-0.3, -0.25) is 9.59 Å². The van der Waals surface area contributed by atoms with Gasteiger partial charge in [0.05, 0.1) is 11.5 Å². The van der Waals surface area contributed by atoms with Gasteiger partial charge >= 0.3 is 0 Å². The number of carbonyl (C=O) groups is 2. The molecule has 1 aliphatic carbocycles. The second-order valence-corrected chi connectivity index (χ2v) is 13.1. The highest BCUT2D eigenvalue weighted by molar-refractivity contribution is 7.91. The zero-order chi connectivity index (χ0) is 27.4. The van der Waals surface area contributed by atoms with Crippen molar-refractivity contribution in [2.75, 3.05) is 49.1 Å². The lowest BCUT2D eigenvalue weighted by Crippen LogP contribution is -2.53. The maximum atomic E-state index is 13.4. The second-order valence-electron chi connectivity index (χ2n) is 10.8. The zero-order valence-electron chi connectivity index (χ0n) is 22.1. The highest BCUT2D eigenvalue weighted by Crippen LogP contribution is 2.40. The van der Waals surface area contributed by atoms with Gasteiger partial charge in [-0.2, -0.15) is 0 Å². The summed E-state index contributed by atoms with van der Waals surface area (Å²) in [7, 11) is -3.12. The van der Waals surface area contributed by atoms with Gasteiger partial charge in [-0.05, 0) is 80.6 Å². The first-order chi connectivity index (χ1) is 18.8. The molecule has 10 heteroatoms. The Balaban J connectivity index is 1.16. The van der Waals surface area contributed by atoms with Crippen LogP contribution >= 0.6 is 0 Å². The molecule has 2 aromatic rings. The van der Waals surface area contributed by atoms with Crippen LogP contribution in [0.4, 0.5) is 10.1 Å². The minimum Gasteiger partial charge on any atom is -0.372 e. The molecule has 210 valence electrons. The summed E-state index contributed by atoms with van der Waals surface area (Å²) >= 11 is 0. The third-order valence-corrected chi connectivity index (χ3v) is 9.63. The summed E-state index contributed by atoms with van der Waals surface area (Å²) in [5, 5.41) is 6.43. The molecule has 2 amide bonds. The standard InChI is InChI=1S/C29H37FN4O4S/c30-23-9-5-21(6-10-23)25-20-27(25)31-13-3-4-26(29(36)34-16-18-39(37,38)19-17-34)32-28(35)22-7-11-24(12-8-22)33-14-1-2-15-33/h5-12,25-27,31H,1-4,13-20H2,(H,32,35)/t25-,26-,27?/m0/s1. The first-order valence-corrected chi connectivity index (χ1v) is 15.8. The van der Waals surface area contributed by atoms with Gasteiger partial charge in [-0.15, -0.1) is 0 Å². The van der Waals surface area contributed by atoms with Crippen molar-refractivity contribution in [1.29, 1.82) is 0 Å². The Kier molecular flexibility index (Phi) is 8.52. The van der Waals surface area contributed by atoms with E-state index in [1.54, 1.807) is 17.0 Å². The van der Waals surface area contributed by atoms with Crippen molar-refractivity contribution in [3.8, 4) is 0 Å². The average Bonchev–Trinajstić information content (AvgIpc) is 3.49. The summed E-state index contributed by atoms with van der Waals surface area (Å²) in [6.45, 7) is 3.02. The van der Waals surface area contributed by atoms with Crippen LogP contribution in [-0.2, 0) is 14.6 Å². The topological polar surface area (TPSA) is 98.8 Å². The molecular weight excluding hydrogens is 519 g/mol. The van der Waals surface area contributed by atoms with E-state index in [9.17, 15) is 22.4 Å². The van der Waals surface area contributed by atoms with Crippen molar-refractivity contribution in [1.82, 2.24) is 15.5 Å². The van der Waals surface area contributed by atoms with E-state index in [4.69, 9.17) is 0 Å². The van der Waals surface area contributed by atoms with Crippen molar-refractivity contribution < 1.29 is 22.4 Å². The van der Waals surface area contributed by atoms with Gasteiger partial charge in [0.1, 0.15) is 11.9 Å². The first kappa shape index (κ1) is 27.6. The third kappa shape index (κ3) is 7.16. The number of nitrogens with one attached hydrogen (secondary N) is 2. The molecule has 2 heterocycles. The number of amides is 2. The molecule has 3 aliphatic rings. The van der Waals surface area contributed by atoms with Crippen LogP contribution in [0.3, 0.4) is 0 Å². The summed E-state index contributed by atoms with van der Waals surface area (Å²) in [5.74, 6) is -0.520. The number of carbonyl (C=O) groups excluding carboxylic acids is 2. The van der Waals surface area contributed by atoms with Gasteiger partial charge in [0, 0.05) is 49.4 Å². The molecule has 2 aliphatic heterocycles. The molecule has 5 rings (SSSR count). The van der Waals surface area contributed by atoms with Crippen LogP contribution in [0.25, 0.3) is 0 Å². The van der Waals surface area contributed by atoms with E-state index in [0.29, 0.717) is 36.9 Å². The lowest BCUT2D eigenvalue weighted by molar-refractivity contribution is -0.133. The Bertz CT molecular complexity index is 1250. The molecule has 8 nitrogen and oxygen atoms in total. The number of benzene rings is 2. The molecule has 2 aromatic carbocycles. The Morgan fingerprint density at radius 3 is 2.28 bits per heavy atom. The number of nitrogens with zero attached hydrogens (tertiary/aromatic N) is 2. The lowest BCUT2D eigenvalue weighted by Gasteiger charge is -2.30. The summed E-state index contributed by atoms with van der Waals surface area (Å²) in [6.07, 6.45) is 4.45. The summed E-state index contributed by atoms with van der Waals surface area (Å²) < 4.78 is 36.9. The summed E-state index contributed by atoms with van der Waals surface area (Å²) in [6, 6.07) is 13.7. The van der Waals surface area contributed by atoms with Crippen LogP contribution in [0, 0.1) is 5.82 Å². The number of halogens is 1. The molecule has 39 heavy (non-hydrogen) atoms. The van der Waals surface area contributed by atoms with Gasteiger partial charge < -0.3 is 20.4 Å². The fourth-order valence-electron chi connectivity index (χ4n) is 5.54. The summed E-state index contributed by atoms with van der Waals surface area (Å²) in [4.78, 5) is 30.3. The quantitative estimate of drug-likeness (QED) is 0.437. The van der Waals surface area contributed by atoms with E-state index in [2.05, 4.69) is 15.5 Å². The maximum Gasteiger partial charge on any atom is 0.251 e. The van der Waals surface area contributed by atoms with Crippen LogP contribution in [-0.4, -0.2) is 81.4 Å². The molecule has 3 fully saturated rings. The highest BCUT2D eigenvalue weighted by Gasteiger charge is 2.38. The van der Waals surface area contributed by atoms with E-state index < -0.39 is 15.9 Å². The van der Waals surface area contributed by atoms with Crippen LogP contribution < -0.4 is 15.5 Å². The number of anilines is 1. The van der Waals surface area contributed by atoms with Crippen molar-refractivity contribution in [2.24, 2.45) is 0 Å². The largest absolute Gasteiger partial charge is 0.372 e. The van der Waals surface area contributed by atoms with Crippen molar-refractivity contribution in [2.45, 2.75) is 50.1 Å².